The second kappa shape index (κ2) is 5.94. The third-order valence-electron chi connectivity index (χ3n) is 1.91. The van der Waals surface area contributed by atoms with E-state index in [-0.39, 0.29) is 11.9 Å². The van der Waals surface area contributed by atoms with Gasteiger partial charge in [-0.15, -0.1) is 11.8 Å². The zero-order valence-electron chi connectivity index (χ0n) is 10.3. The molecule has 88 valence electrons. The van der Waals surface area contributed by atoms with Crippen molar-refractivity contribution in [2.24, 2.45) is 0 Å². The fourth-order valence-electron chi connectivity index (χ4n) is 1.30. The lowest BCUT2D eigenvalue weighted by atomic mass is 10.2. The molecule has 0 radical (unpaired) electrons. The van der Waals surface area contributed by atoms with E-state index in [2.05, 4.69) is 19.2 Å². The maximum Gasteiger partial charge on any atom is 0.251 e. The van der Waals surface area contributed by atoms with Crippen molar-refractivity contribution >= 4 is 17.7 Å². The van der Waals surface area contributed by atoms with E-state index in [0.29, 0.717) is 5.25 Å². The fourth-order valence-corrected chi connectivity index (χ4v) is 2.14. The normalized spacial score (nSPS) is 10.9. The molecular weight excluding hydrogens is 218 g/mol. The summed E-state index contributed by atoms with van der Waals surface area (Å²) in [5.41, 5.74) is 0.724. The van der Waals surface area contributed by atoms with E-state index in [1.54, 1.807) is 11.8 Å². The number of carbonyl (C=O) groups is 1. The van der Waals surface area contributed by atoms with Crippen LogP contribution in [0.1, 0.15) is 38.1 Å². The molecule has 16 heavy (non-hydrogen) atoms. The summed E-state index contributed by atoms with van der Waals surface area (Å²) in [6.45, 7) is 8.23. The van der Waals surface area contributed by atoms with Gasteiger partial charge in [-0.05, 0) is 38.1 Å². The Morgan fingerprint density at radius 2 is 1.69 bits per heavy atom. The van der Waals surface area contributed by atoms with E-state index in [1.807, 2.05) is 38.1 Å². The molecule has 0 aliphatic heterocycles. The summed E-state index contributed by atoms with van der Waals surface area (Å²) in [6.07, 6.45) is 0. The third kappa shape index (κ3) is 4.27. The number of nitrogens with one attached hydrogen (secondary N) is 1. The maximum absolute atomic E-state index is 11.7. The molecular formula is C13H19NOS. The topological polar surface area (TPSA) is 29.1 Å². The van der Waals surface area contributed by atoms with Crippen LogP contribution in [0.25, 0.3) is 0 Å². The zero-order chi connectivity index (χ0) is 12.1. The van der Waals surface area contributed by atoms with Gasteiger partial charge < -0.3 is 5.32 Å². The molecule has 0 aliphatic carbocycles. The Morgan fingerprint density at radius 1 is 1.12 bits per heavy atom. The van der Waals surface area contributed by atoms with Gasteiger partial charge in [-0.25, -0.2) is 0 Å². The summed E-state index contributed by atoms with van der Waals surface area (Å²) in [6, 6.07) is 7.93. The lowest BCUT2D eigenvalue weighted by Crippen LogP contribution is -2.29. The van der Waals surface area contributed by atoms with Crippen molar-refractivity contribution in [1.82, 2.24) is 5.32 Å². The molecule has 0 heterocycles. The molecule has 1 aromatic carbocycles. The molecule has 2 nitrogen and oxygen atoms in total. The van der Waals surface area contributed by atoms with E-state index in [9.17, 15) is 4.79 Å². The Hall–Kier alpha value is -0.960. The van der Waals surface area contributed by atoms with Gasteiger partial charge >= 0.3 is 0 Å². The number of benzene rings is 1. The summed E-state index contributed by atoms with van der Waals surface area (Å²) < 4.78 is 0. The fraction of sp³-hybridized carbons (Fsp3) is 0.462. The smallest absolute Gasteiger partial charge is 0.251 e. The van der Waals surface area contributed by atoms with Gasteiger partial charge in [0.2, 0.25) is 0 Å². The van der Waals surface area contributed by atoms with Gasteiger partial charge in [0.25, 0.3) is 5.91 Å². The molecule has 1 aromatic rings. The Labute approximate surface area is 102 Å². The van der Waals surface area contributed by atoms with Gasteiger partial charge in [0.1, 0.15) is 0 Å². The van der Waals surface area contributed by atoms with Gasteiger partial charge in [0.05, 0.1) is 0 Å². The van der Waals surface area contributed by atoms with Crippen LogP contribution in [0.5, 0.6) is 0 Å². The average Bonchev–Trinajstić information content (AvgIpc) is 2.16. The summed E-state index contributed by atoms with van der Waals surface area (Å²) in [5.74, 6) is -0.00361. The minimum Gasteiger partial charge on any atom is -0.350 e. The summed E-state index contributed by atoms with van der Waals surface area (Å²) >= 11 is 1.80. The van der Waals surface area contributed by atoms with Gasteiger partial charge in [-0.3, -0.25) is 4.79 Å². The SMILES string of the molecule is CC(C)NC(=O)c1ccc(SC(C)C)cc1. The quantitative estimate of drug-likeness (QED) is 0.814. The molecule has 0 saturated carbocycles. The van der Waals surface area contributed by atoms with E-state index in [4.69, 9.17) is 0 Å². The summed E-state index contributed by atoms with van der Waals surface area (Å²) in [5, 5.41) is 3.44. The lowest BCUT2D eigenvalue weighted by Gasteiger charge is -2.09. The summed E-state index contributed by atoms with van der Waals surface area (Å²) in [7, 11) is 0. The first-order valence-corrected chi connectivity index (χ1v) is 6.44. The molecule has 1 amide bonds. The number of amides is 1. The Kier molecular flexibility index (Phi) is 4.87. The van der Waals surface area contributed by atoms with Crippen molar-refractivity contribution < 1.29 is 4.79 Å². The minimum atomic E-state index is -0.00361. The highest BCUT2D eigenvalue weighted by molar-refractivity contribution is 7.99. The van der Waals surface area contributed by atoms with Crippen LogP contribution in [-0.4, -0.2) is 17.2 Å². The summed E-state index contributed by atoms with van der Waals surface area (Å²) in [4.78, 5) is 12.9. The molecule has 3 heteroatoms. The van der Waals surface area contributed by atoms with E-state index in [0.717, 1.165) is 5.56 Å². The molecule has 0 aliphatic rings. The first-order valence-electron chi connectivity index (χ1n) is 5.56. The molecule has 1 rings (SSSR count). The Morgan fingerprint density at radius 3 is 2.12 bits per heavy atom. The zero-order valence-corrected chi connectivity index (χ0v) is 11.1. The molecule has 0 atom stereocenters. The second-order valence-electron chi connectivity index (χ2n) is 4.32. The van der Waals surface area contributed by atoms with Crippen molar-refractivity contribution in [2.45, 2.75) is 43.9 Å². The number of rotatable bonds is 4. The number of carbonyl (C=O) groups excluding carboxylic acids is 1. The van der Waals surface area contributed by atoms with Crippen molar-refractivity contribution in [3.8, 4) is 0 Å². The van der Waals surface area contributed by atoms with Gasteiger partial charge in [0, 0.05) is 21.8 Å². The van der Waals surface area contributed by atoms with Crippen molar-refractivity contribution in [1.29, 1.82) is 0 Å². The van der Waals surface area contributed by atoms with Crippen molar-refractivity contribution in [2.75, 3.05) is 0 Å². The molecule has 1 N–H and O–H groups in total. The van der Waals surface area contributed by atoms with Gasteiger partial charge in [0.15, 0.2) is 0 Å². The van der Waals surface area contributed by atoms with E-state index in [1.165, 1.54) is 4.90 Å². The average molecular weight is 237 g/mol. The molecule has 0 unspecified atom stereocenters. The first kappa shape index (κ1) is 13.1. The molecule has 0 saturated heterocycles. The number of hydrogen-bond donors (Lipinski definition) is 1. The lowest BCUT2D eigenvalue weighted by molar-refractivity contribution is 0.0943. The Bertz CT molecular complexity index is 343. The van der Waals surface area contributed by atoms with Gasteiger partial charge in [-0.2, -0.15) is 0 Å². The first-order chi connectivity index (χ1) is 7.49. The van der Waals surface area contributed by atoms with Crippen LogP contribution in [0.2, 0.25) is 0 Å². The molecule has 0 aromatic heterocycles. The minimum absolute atomic E-state index is 0.00361. The van der Waals surface area contributed by atoms with Crippen molar-refractivity contribution in [3.05, 3.63) is 29.8 Å². The van der Waals surface area contributed by atoms with Crippen LogP contribution in [0, 0.1) is 0 Å². The predicted octanol–water partition coefficient (Wildman–Crippen LogP) is 3.33. The third-order valence-corrected chi connectivity index (χ3v) is 2.92. The second-order valence-corrected chi connectivity index (χ2v) is 5.97. The highest BCUT2D eigenvalue weighted by Gasteiger charge is 2.06. The van der Waals surface area contributed by atoms with Crippen LogP contribution >= 0.6 is 11.8 Å². The molecule has 0 spiro atoms. The van der Waals surface area contributed by atoms with Crippen LogP contribution in [0.4, 0.5) is 0 Å². The van der Waals surface area contributed by atoms with Crippen LogP contribution in [-0.2, 0) is 0 Å². The monoisotopic (exact) mass is 237 g/mol. The molecule has 0 bridgehead atoms. The van der Waals surface area contributed by atoms with Crippen LogP contribution in [0.15, 0.2) is 29.2 Å². The van der Waals surface area contributed by atoms with Crippen LogP contribution in [0.3, 0.4) is 0 Å². The highest BCUT2D eigenvalue weighted by atomic mass is 32.2. The maximum atomic E-state index is 11.7. The number of hydrogen-bond acceptors (Lipinski definition) is 2. The molecule has 0 fully saturated rings. The van der Waals surface area contributed by atoms with E-state index >= 15 is 0 Å². The van der Waals surface area contributed by atoms with Crippen molar-refractivity contribution in [3.63, 3.8) is 0 Å². The largest absolute Gasteiger partial charge is 0.350 e. The number of thioether (sulfide) groups is 1. The predicted molar refractivity (Wildman–Crippen MR) is 70.0 cm³/mol. The Balaban J connectivity index is 2.67. The van der Waals surface area contributed by atoms with E-state index < -0.39 is 0 Å². The van der Waals surface area contributed by atoms with Crippen LogP contribution < -0.4 is 5.32 Å². The standard InChI is InChI=1S/C13H19NOS/c1-9(2)14-13(15)11-5-7-12(8-6-11)16-10(3)4/h5-10H,1-4H3,(H,14,15). The van der Waals surface area contributed by atoms with Gasteiger partial charge in [-0.1, -0.05) is 13.8 Å². The highest BCUT2D eigenvalue weighted by Crippen LogP contribution is 2.22.